The fraction of sp³-hybridized carbons (Fsp3) is 0.278. The van der Waals surface area contributed by atoms with Gasteiger partial charge in [-0.05, 0) is 51.0 Å². The second kappa shape index (κ2) is 5.91. The summed E-state index contributed by atoms with van der Waals surface area (Å²) in [5.74, 6) is 0.687. The molecule has 0 aliphatic heterocycles. The fourth-order valence-corrected chi connectivity index (χ4v) is 2.21. The first-order chi connectivity index (χ1) is 9.47. The lowest BCUT2D eigenvalue weighted by Crippen LogP contribution is -2.03. The lowest BCUT2D eigenvalue weighted by atomic mass is 10.1. The molecule has 0 spiro atoms. The predicted octanol–water partition coefficient (Wildman–Crippen LogP) is 4.39. The summed E-state index contributed by atoms with van der Waals surface area (Å²) in [4.78, 5) is 11.7. The minimum Gasteiger partial charge on any atom is -0.488 e. The van der Waals surface area contributed by atoms with Gasteiger partial charge < -0.3 is 4.74 Å². The van der Waals surface area contributed by atoms with Gasteiger partial charge in [-0.3, -0.25) is 4.79 Å². The molecule has 2 nitrogen and oxygen atoms in total. The van der Waals surface area contributed by atoms with E-state index in [-0.39, 0.29) is 5.78 Å². The molecule has 0 aromatic heterocycles. The van der Waals surface area contributed by atoms with E-state index in [1.807, 2.05) is 25.1 Å². The molecule has 0 heterocycles. The van der Waals surface area contributed by atoms with Crippen molar-refractivity contribution in [1.29, 1.82) is 0 Å². The van der Waals surface area contributed by atoms with Crippen LogP contribution in [0.4, 0.5) is 0 Å². The largest absolute Gasteiger partial charge is 0.488 e. The number of carbonyl (C=O) groups excluding carboxylic acids is 1. The number of rotatable bonds is 4. The van der Waals surface area contributed by atoms with Crippen LogP contribution in [0.25, 0.3) is 0 Å². The lowest BCUT2D eigenvalue weighted by Gasteiger charge is -2.12. The van der Waals surface area contributed by atoms with E-state index >= 15 is 0 Å². The Bertz CT molecular complexity index is 642. The average Bonchev–Trinajstić information content (AvgIpc) is 2.38. The second-order valence-corrected chi connectivity index (χ2v) is 5.27. The minimum absolute atomic E-state index is 0.0318. The first-order valence-corrected chi connectivity index (χ1v) is 6.78. The van der Waals surface area contributed by atoms with E-state index in [1.165, 1.54) is 11.1 Å². The maximum atomic E-state index is 11.7. The molecule has 0 bridgehead atoms. The molecule has 0 amide bonds. The van der Waals surface area contributed by atoms with E-state index in [2.05, 4.69) is 32.0 Å². The van der Waals surface area contributed by atoms with Gasteiger partial charge in [-0.2, -0.15) is 0 Å². The van der Waals surface area contributed by atoms with Crippen LogP contribution < -0.4 is 4.74 Å². The number of hydrogen-bond acceptors (Lipinski definition) is 2. The molecule has 0 saturated carbocycles. The molecule has 0 radical (unpaired) electrons. The summed E-state index contributed by atoms with van der Waals surface area (Å²) in [7, 11) is 0. The Kier molecular flexibility index (Phi) is 4.23. The molecule has 104 valence electrons. The van der Waals surface area contributed by atoms with Crippen LogP contribution in [-0.2, 0) is 6.61 Å². The van der Waals surface area contributed by atoms with Crippen LogP contribution in [0.15, 0.2) is 36.4 Å². The van der Waals surface area contributed by atoms with Crippen LogP contribution in [0.5, 0.6) is 5.75 Å². The zero-order valence-corrected chi connectivity index (χ0v) is 12.5. The molecule has 0 atom stereocenters. The van der Waals surface area contributed by atoms with Crippen molar-refractivity contribution in [3.05, 3.63) is 64.2 Å². The van der Waals surface area contributed by atoms with Crippen LogP contribution in [0.2, 0.25) is 0 Å². The molecule has 0 fully saturated rings. The highest BCUT2D eigenvalue weighted by Gasteiger charge is 2.09. The molecule has 2 rings (SSSR count). The third-order valence-electron chi connectivity index (χ3n) is 3.40. The standard InChI is InChI=1S/C18H20O2/c1-12-5-7-16(14(3)9-12)11-20-18-8-6-13(2)10-17(18)15(4)19/h5-10H,11H2,1-4H3. The van der Waals surface area contributed by atoms with E-state index in [1.54, 1.807) is 6.92 Å². The first-order valence-electron chi connectivity index (χ1n) is 6.78. The van der Waals surface area contributed by atoms with Crippen molar-refractivity contribution in [2.45, 2.75) is 34.3 Å². The molecule has 0 N–H and O–H groups in total. The molecule has 0 saturated heterocycles. The highest BCUT2D eigenvalue weighted by atomic mass is 16.5. The van der Waals surface area contributed by atoms with E-state index in [4.69, 9.17) is 4.74 Å². The molecule has 0 unspecified atom stereocenters. The zero-order valence-electron chi connectivity index (χ0n) is 12.5. The first kappa shape index (κ1) is 14.3. The number of Topliss-reactive ketones (excluding diaryl/α,β-unsaturated/α-hetero) is 1. The van der Waals surface area contributed by atoms with Crippen LogP contribution in [0.3, 0.4) is 0 Å². The van der Waals surface area contributed by atoms with Crippen molar-refractivity contribution in [2.75, 3.05) is 0 Å². The molecule has 2 heteroatoms. The van der Waals surface area contributed by atoms with Gasteiger partial charge in [0.1, 0.15) is 12.4 Å². The van der Waals surface area contributed by atoms with Gasteiger partial charge in [0.15, 0.2) is 5.78 Å². The van der Waals surface area contributed by atoms with E-state index < -0.39 is 0 Å². The van der Waals surface area contributed by atoms with Crippen molar-refractivity contribution in [2.24, 2.45) is 0 Å². The summed E-state index contributed by atoms with van der Waals surface area (Å²) in [6.07, 6.45) is 0. The van der Waals surface area contributed by atoms with Gasteiger partial charge in [0.25, 0.3) is 0 Å². The van der Waals surface area contributed by atoms with Crippen molar-refractivity contribution in [3.8, 4) is 5.75 Å². The van der Waals surface area contributed by atoms with Crippen molar-refractivity contribution < 1.29 is 9.53 Å². The second-order valence-electron chi connectivity index (χ2n) is 5.27. The minimum atomic E-state index is 0.0318. The quantitative estimate of drug-likeness (QED) is 0.768. The smallest absolute Gasteiger partial charge is 0.163 e. The third-order valence-corrected chi connectivity index (χ3v) is 3.40. The van der Waals surface area contributed by atoms with Gasteiger partial charge in [-0.1, -0.05) is 35.4 Å². The Hall–Kier alpha value is -2.09. The zero-order chi connectivity index (χ0) is 14.7. The number of benzene rings is 2. The molecule has 0 aliphatic rings. The number of aryl methyl sites for hydroxylation is 3. The van der Waals surface area contributed by atoms with Crippen LogP contribution >= 0.6 is 0 Å². The van der Waals surface area contributed by atoms with Gasteiger partial charge in [0.05, 0.1) is 5.56 Å². The van der Waals surface area contributed by atoms with Crippen molar-refractivity contribution >= 4 is 5.78 Å². The summed E-state index contributed by atoms with van der Waals surface area (Å²) < 4.78 is 5.84. The van der Waals surface area contributed by atoms with Gasteiger partial charge >= 0.3 is 0 Å². The fourth-order valence-electron chi connectivity index (χ4n) is 2.21. The predicted molar refractivity (Wildman–Crippen MR) is 81.4 cm³/mol. The van der Waals surface area contributed by atoms with Crippen LogP contribution in [-0.4, -0.2) is 5.78 Å². The summed E-state index contributed by atoms with van der Waals surface area (Å²) in [5.41, 5.74) is 5.31. The third kappa shape index (κ3) is 3.27. The van der Waals surface area contributed by atoms with Gasteiger partial charge in [0.2, 0.25) is 0 Å². The SMILES string of the molecule is CC(=O)c1cc(C)ccc1OCc1ccc(C)cc1C. The van der Waals surface area contributed by atoms with E-state index in [0.29, 0.717) is 17.9 Å². The topological polar surface area (TPSA) is 26.3 Å². The number of ether oxygens (including phenoxy) is 1. The van der Waals surface area contributed by atoms with Crippen LogP contribution in [0, 0.1) is 20.8 Å². The summed E-state index contributed by atoms with van der Waals surface area (Å²) in [6, 6.07) is 12.0. The Morgan fingerprint density at radius 3 is 2.30 bits per heavy atom. The molecular formula is C18H20O2. The van der Waals surface area contributed by atoms with Gasteiger partial charge in [0, 0.05) is 0 Å². The average molecular weight is 268 g/mol. The van der Waals surface area contributed by atoms with Gasteiger partial charge in [-0.15, -0.1) is 0 Å². The Morgan fingerprint density at radius 1 is 1.00 bits per heavy atom. The highest BCUT2D eigenvalue weighted by molar-refractivity contribution is 5.97. The molecule has 2 aromatic carbocycles. The number of carbonyl (C=O) groups is 1. The summed E-state index contributed by atoms with van der Waals surface area (Å²) in [6.45, 7) is 8.17. The Labute approximate surface area is 120 Å². The summed E-state index contributed by atoms with van der Waals surface area (Å²) >= 11 is 0. The Balaban J connectivity index is 2.20. The monoisotopic (exact) mass is 268 g/mol. The van der Waals surface area contributed by atoms with E-state index in [0.717, 1.165) is 11.1 Å². The number of hydrogen-bond donors (Lipinski definition) is 0. The highest BCUT2D eigenvalue weighted by Crippen LogP contribution is 2.22. The normalized spacial score (nSPS) is 10.4. The molecule has 0 aliphatic carbocycles. The Morgan fingerprint density at radius 2 is 1.65 bits per heavy atom. The molecule has 2 aromatic rings. The molecular weight excluding hydrogens is 248 g/mol. The maximum absolute atomic E-state index is 11.7. The van der Waals surface area contributed by atoms with Crippen LogP contribution in [0.1, 0.15) is 39.5 Å². The van der Waals surface area contributed by atoms with Gasteiger partial charge in [-0.25, -0.2) is 0 Å². The van der Waals surface area contributed by atoms with E-state index in [9.17, 15) is 4.79 Å². The molecule has 20 heavy (non-hydrogen) atoms. The van der Waals surface area contributed by atoms with Crippen molar-refractivity contribution in [3.63, 3.8) is 0 Å². The van der Waals surface area contributed by atoms with Crippen molar-refractivity contribution in [1.82, 2.24) is 0 Å². The lowest BCUT2D eigenvalue weighted by molar-refractivity contribution is 0.101. The number of ketones is 1. The summed E-state index contributed by atoms with van der Waals surface area (Å²) in [5, 5.41) is 0. The maximum Gasteiger partial charge on any atom is 0.163 e.